The summed E-state index contributed by atoms with van der Waals surface area (Å²) in [4.78, 5) is 10.9. The van der Waals surface area contributed by atoms with Crippen molar-refractivity contribution >= 4 is 61.5 Å². The first kappa shape index (κ1) is 31.8. The lowest BCUT2D eigenvalue weighted by atomic mass is 9.91. The zero-order chi connectivity index (χ0) is 36.7. The normalized spacial score (nSPS) is 13.1. The van der Waals surface area contributed by atoms with Crippen LogP contribution in [-0.4, -0.2) is 18.0 Å². The summed E-state index contributed by atoms with van der Waals surface area (Å²) in [5.41, 5.74) is 10.3. The largest absolute Gasteiger partial charge is 0.228 e. The number of fused-ring (bicyclic) bond motifs is 10. The third-order valence-electron chi connectivity index (χ3n) is 11.8. The predicted molar refractivity (Wildman–Crippen MR) is 236 cm³/mol. The lowest BCUT2D eigenvalue weighted by molar-refractivity contribution is 1.20. The van der Waals surface area contributed by atoms with E-state index in [2.05, 4.69) is 195 Å². The Morgan fingerprint density at radius 3 is 1.47 bits per heavy atom. The van der Waals surface area contributed by atoms with Crippen LogP contribution in [0.4, 0.5) is 0 Å². The number of hydrogen-bond donors (Lipinski definition) is 0. The van der Waals surface area contributed by atoms with E-state index < -0.39 is 8.07 Å². The zero-order valence-electron chi connectivity index (χ0n) is 30.7. The number of benzene rings is 9. The van der Waals surface area contributed by atoms with Crippen molar-refractivity contribution < 1.29 is 0 Å². The molecule has 0 N–H and O–H groups in total. The van der Waals surface area contributed by atoms with Crippen LogP contribution in [0.1, 0.15) is 0 Å². The maximum absolute atomic E-state index is 5.45. The van der Waals surface area contributed by atoms with Crippen LogP contribution in [0.2, 0.25) is 13.1 Å². The van der Waals surface area contributed by atoms with Crippen LogP contribution in [-0.2, 0) is 0 Å². The van der Waals surface area contributed by atoms with E-state index >= 15 is 0 Å². The van der Waals surface area contributed by atoms with Crippen LogP contribution in [0.15, 0.2) is 182 Å². The quantitative estimate of drug-likeness (QED) is 0.134. The molecule has 0 unspecified atom stereocenters. The minimum Gasteiger partial charge on any atom is -0.228 e. The molecular weight excluding hydrogens is 681 g/mol. The van der Waals surface area contributed by atoms with Crippen LogP contribution in [0.25, 0.3) is 99.2 Å². The minimum absolute atomic E-state index is 0.759. The van der Waals surface area contributed by atoms with Crippen molar-refractivity contribution in [3.63, 3.8) is 0 Å². The molecule has 0 bridgehead atoms. The molecule has 0 radical (unpaired) electrons. The molecule has 1 aliphatic heterocycles. The van der Waals surface area contributed by atoms with Gasteiger partial charge in [0.15, 0.2) is 5.82 Å². The second-order valence-corrected chi connectivity index (χ2v) is 19.7. The van der Waals surface area contributed by atoms with Crippen molar-refractivity contribution in [1.29, 1.82) is 0 Å². The second kappa shape index (κ2) is 12.2. The lowest BCUT2D eigenvalue weighted by Gasteiger charge is -2.22. The fraction of sp³-hybridized carbons (Fsp3) is 0.0385. The molecule has 0 saturated heterocycles. The summed E-state index contributed by atoms with van der Waals surface area (Å²) in [5, 5.41) is 13.0. The number of hydrogen-bond acceptors (Lipinski definition) is 2. The maximum atomic E-state index is 5.45. The van der Waals surface area contributed by atoms with E-state index in [0.29, 0.717) is 0 Å². The molecule has 0 saturated carbocycles. The van der Waals surface area contributed by atoms with Crippen LogP contribution in [0.3, 0.4) is 0 Å². The molecule has 0 aliphatic carbocycles. The van der Waals surface area contributed by atoms with Gasteiger partial charge in [0.2, 0.25) is 0 Å². The summed E-state index contributed by atoms with van der Waals surface area (Å²) in [6.07, 6.45) is 0. The summed E-state index contributed by atoms with van der Waals surface area (Å²) < 4.78 is 0. The predicted octanol–water partition coefficient (Wildman–Crippen LogP) is 12.6. The second-order valence-electron chi connectivity index (χ2n) is 15.4. The van der Waals surface area contributed by atoms with Crippen molar-refractivity contribution in [2.45, 2.75) is 13.1 Å². The van der Waals surface area contributed by atoms with Gasteiger partial charge in [-0.05, 0) is 100.0 Å². The van der Waals surface area contributed by atoms with E-state index in [1.54, 1.807) is 0 Å². The van der Waals surface area contributed by atoms with E-state index in [1.807, 2.05) is 0 Å². The Balaban J connectivity index is 1.04. The molecule has 1 aliphatic rings. The van der Waals surface area contributed by atoms with E-state index in [9.17, 15) is 0 Å². The molecule has 3 heteroatoms. The molecule has 9 aromatic carbocycles. The molecule has 55 heavy (non-hydrogen) atoms. The average molecular weight is 717 g/mol. The first-order valence-electron chi connectivity index (χ1n) is 19.1. The van der Waals surface area contributed by atoms with Gasteiger partial charge in [0.25, 0.3) is 0 Å². The van der Waals surface area contributed by atoms with E-state index in [1.165, 1.54) is 70.2 Å². The van der Waals surface area contributed by atoms with Gasteiger partial charge in [-0.15, -0.1) is 0 Å². The van der Waals surface area contributed by atoms with E-state index in [0.717, 1.165) is 39.5 Å². The van der Waals surface area contributed by atoms with Gasteiger partial charge in [0.05, 0.1) is 11.4 Å². The maximum Gasteiger partial charge on any atom is 0.160 e. The van der Waals surface area contributed by atoms with Gasteiger partial charge in [-0.25, -0.2) is 9.97 Å². The first-order chi connectivity index (χ1) is 27.0. The monoisotopic (exact) mass is 716 g/mol. The lowest BCUT2D eigenvalue weighted by Crippen LogP contribution is -2.50. The number of rotatable bonds is 4. The van der Waals surface area contributed by atoms with Gasteiger partial charge >= 0.3 is 0 Å². The highest BCUT2D eigenvalue weighted by molar-refractivity contribution is 7.04. The molecule has 0 spiro atoms. The highest BCUT2D eigenvalue weighted by atomic mass is 28.3. The molecular formula is C52H36N2Si. The van der Waals surface area contributed by atoms with Gasteiger partial charge in [-0.3, -0.25) is 0 Å². The molecule has 0 amide bonds. The summed E-state index contributed by atoms with van der Waals surface area (Å²) in [5.74, 6) is 0.759. The number of aromatic nitrogens is 2. The van der Waals surface area contributed by atoms with Crippen molar-refractivity contribution in [3.8, 4) is 56.2 Å². The minimum atomic E-state index is -2.12. The summed E-state index contributed by atoms with van der Waals surface area (Å²) in [6.45, 7) is 4.91. The van der Waals surface area contributed by atoms with Gasteiger partial charge in [0, 0.05) is 16.7 Å². The van der Waals surface area contributed by atoms with Gasteiger partial charge in [-0.2, -0.15) is 0 Å². The Bertz CT molecular complexity index is 3150. The molecule has 1 aromatic heterocycles. The van der Waals surface area contributed by atoms with E-state index in [-0.39, 0.29) is 0 Å². The molecule has 11 rings (SSSR count). The van der Waals surface area contributed by atoms with Gasteiger partial charge in [-0.1, -0.05) is 171 Å². The summed E-state index contributed by atoms with van der Waals surface area (Å²) >= 11 is 0. The summed E-state index contributed by atoms with van der Waals surface area (Å²) in [7, 11) is -2.12. The van der Waals surface area contributed by atoms with Crippen molar-refractivity contribution in [1.82, 2.24) is 9.97 Å². The Morgan fingerprint density at radius 2 is 0.818 bits per heavy atom. The van der Waals surface area contributed by atoms with Crippen LogP contribution >= 0.6 is 0 Å². The fourth-order valence-corrected chi connectivity index (χ4v) is 12.3. The molecule has 10 aromatic rings. The van der Waals surface area contributed by atoms with Gasteiger partial charge in [0.1, 0.15) is 8.07 Å². The highest BCUT2D eigenvalue weighted by Crippen LogP contribution is 2.39. The topological polar surface area (TPSA) is 25.8 Å². The van der Waals surface area contributed by atoms with Gasteiger partial charge < -0.3 is 0 Å². The number of nitrogens with zero attached hydrogens (tertiary/aromatic N) is 2. The highest BCUT2D eigenvalue weighted by Gasteiger charge is 2.42. The third kappa shape index (κ3) is 5.01. The average Bonchev–Trinajstić information content (AvgIpc) is 3.47. The smallest absolute Gasteiger partial charge is 0.160 e. The molecule has 0 atom stereocenters. The van der Waals surface area contributed by atoms with Crippen molar-refractivity contribution in [3.05, 3.63) is 182 Å². The standard InChI is InChI=1S/C52H36N2Si/c1-55(2)48-32-38-17-7-6-16-37(38)31-47(48)50-51(55)49(33-14-4-3-5-15-33)53-52(54-50)40-21-13-20-36(29-40)34-18-12-19-35(28-34)39-26-27-45-43-24-9-8-22-41(43)42-23-10-11-25-44(42)46(45)30-39/h3-32H,1-2H3. The zero-order valence-corrected chi connectivity index (χ0v) is 31.7. The van der Waals surface area contributed by atoms with Crippen LogP contribution in [0.5, 0.6) is 0 Å². The molecule has 0 fully saturated rings. The Kier molecular flexibility index (Phi) is 7.04. The fourth-order valence-electron chi connectivity index (χ4n) is 9.07. The molecule has 2 heterocycles. The summed E-state index contributed by atoms with van der Waals surface area (Å²) in [6, 6.07) is 66.3. The molecule has 2 nitrogen and oxygen atoms in total. The van der Waals surface area contributed by atoms with Crippen LogP contribution < -0.4 is 10.4 Å². The Morgan fingerprint density at radius 1 is 0.345 bits per heavy atom. The van der Waals surface area contributed by atoms with E-state index in [4.69, 9.17) is 9.97 Å². The molecule has 258 valence electrons. The first-order valence-corrected chi connectivity index (χ1v) is 22.1. The Labute approximate surface area is 321 Å². The Hall–Kier alpha value is -6.68. The SMILES string of the molecule is C[Si]1(C)c2cc3ccccc3cc2-c2nc(-c3cccc(-c4cccc(-c5ccc6c7ccccc7c7ccccc7c6c5)c4)c3)nc(-c3ccccc3)c21. The van der Waals surface area contributed by atoms with Crippen LogP contribution in [0, 0.1) is 0 Å². The third-order valence-corrected chi connectivity index (χ3v) is 15.3. The van der Waals surface area contributed by atoms with Crippen molar-refractivity contribution in [2.24, 2.45) is 0 Å². The van der Waals surface area contributed by atoms with Crippen molar-refractivity contribution in [2.75, 3.05) is 0 Å².